The van der Waals surface area contributed by atoms with Gasteiger partial charge in [0.15, 0.2) is 0 Å². The van der Waals surface area contributed by atoms with Crippen LogP contribution in [0.3, 0.4) is 0 Å². The summed E-state index contributed by atoms with van der Waals surface area (Å²) in [5, 5.41) is 9.18. The highest BCUT2D eigenvalue weighted by Crippen LogP contribution is 2.20. The van der Waals surface area contributed by atoms with Crippen LogP contribution in [0, 0.1) is 6.92 Å². The number of aryl methyl sites for hydroxylation is 1. The Morgan fingerprint density at radius 3 is 2.65 bits per heavy atom. The highest BCUT2D eigenvalue weighted by atomic mass is 32.2. The zero-order chi connectivity index (χ0) is 14.9. The Hall–Kier alpha value is -1.64. The van der Waals surface area contributed by atoms with E-state index in [-0.39, 0.29) is 21.7 Å². The summed E-state index contributed by atoms with van der Waals surface area (Å²) in [6.45, 7) is 3.60. The molecule has 0 aromatic carbocycles. The van der Waals surface area contributed by atoms with Gasteiger partial charge in [-0.25, -0.2) is 13.6 Å². The summed E-state index contributed by atoms with van der Waals surface area (Å²) < 4.78 is 27.7. The van der Waals surface area contributed by atoms with Crippen LogP contribution < -0.4 is 10.5 Å². The number of nitrogens with two attached hydrogens (primary N) is 1. The van der Waals surface area contributed by atoms with Crippen LogP contribution in [0.5, 0.6) is 0 Å². The molecular formula is C12H14N2O4S2. The van der Waals surface area contributed by atoms with Crippen molar-refractivity contribution >= 4 is 27.3 Å². The zero-order valence-corrected chi connectivity index (χ0v) is 12.5. The molecule has 0 spiro atoms. The Morgan fingerprint density at radius 2 is 2.15 bits per heavy atom. The first-order chi connectivity index (χ1) is 9.27. The fourth-order valence-electron chi connectivity index (χ4n) is 1.62. The topological polar surface area (TPSA) is 102 Å². The van der Waals surface area contributed by atoms with Crippen LogP contribution in [0.4, 0.5) is 0 Å². The number of thiophene rings is 1. The van der Waals surface area contributed by atoms with Crippen LogP contribution in [-0.4, -0.2) is 14.3 Å². The molecule has 20 heavy (non-hydrogen) atoms. The van der Waals surface area contributed by atoms with Crippen LogP contribution in [0.1, 0.15) is 34.8 Å². The summed E-state index contributed by atoms with van der Waals surface area (Å²) in [6.07, 6.45) is 0. The zero-order valence-electron chi connectivity index (χ0n) is 10.9. The monoisotopic (exact) mass is 314 g/mol. The lowest BCUT2D eigenvalue weighted by Gasteiger charge is -2.10. The molecule has 1 amide bonds. The lowest BCUT2D eigenvalue weighted by atomic mass is 10.2. The molecule has 3 N–H and O–H groups in total. The first kappa shape index (κ1) is 14.8. The van der Waals surface area contributed by atoms with Crippen LogP contribution >= 0.6 is 11.3 Å². The fourth-order valence-corrected chi connectivity index (χ4v) is 3.21. The maximum atomic E-state index is 12.0. The van der Waals surface area contributed by atoms with Crippen molar-refractivity contribution in [3.05, 3.63) is 40.7 Å². The molecule has 2 aromatic heterocycles. The van der Waals surface area contributed by atoms with E-state index in [1.165, 1.54) is 11.4 Å². The van der Waals surface area contributed by atoms with Crippen molar-refractivity contribution in [1.82, 2.24) is 5.32 Å². The second kappa shape index (κ2) is 5.39. The molecule has 0 aliphatic carbocycles. The number of hydrogen-bond donors (Lipinski definition) is 2. The van der Waals surface area contributed by atoms with Gasteiger partial charge >= 0.3 is 0 Å². The van der Waals surface area contributed by atoms with Crippen molar-refractivity contribution < 1.29 is 17.6 Å². The van der Waals surface area contributed by atoms with Crippen LogP contribution in [0.2, 0.25) is 0 Å². The molecule has 8 heteroatoms. The number of sulfonamides is 1. The predicted molar refractivity (Wildman–Crippen MR) is 75.0 cm³/mol. The number of carbonyl (C=O) groups is 1. The van der Waals surface area contributed by atoms with Crippen LogP contribution in [0.15, 0.2) is 32.2 Å². The quantitative estimate of drug-likeness (QED) is 0.898. The Morgan fingerprint density at radius 1 is 1.45 bits per heavy atom. The van der Waals surface area contributed by atoms with Crippen molar-refractivity contribution in [3.8, 4) is 0 Å². The minimum Gasteiger partial charge on any atom is -0.464 e. The molecule has 0 saturated heterocycles. The standard InChI is InChI=1S/C12H14N2O4S2/c1-7-3-4-10(18-7)8(2)14-12(15)9-5-11(19-6-9)20(13,16)17/h3-6,8H,1-2H3,(H,14,15)(H2,13,16,17)/t8-/m1/s1. The van der Waals surface area contributed by atoms with E-state index in [1.54, 1.807) is 13.0 Å². The normalized spacial score (nSPS) is 13.2. The average molecular weight is 314 g/mol. The Bertz CT molecular complexity index is 730. The van der Waals surface area contributed by atoms with Gasteiger partial charge in [0, 0.05) is 5.38 Å². The maximum absolute atomic E-state index is 12.0. The van der Waals surface area contributed by atoms with Crippen molar-refractivity contribution in [2.24, 2.45) is 5.14 Å². The molecule has 6 nitrogen and oxygen atoms in total. The van der Waals surface area contributed by atoms with Gasteiger partial charge in [0.2, 0.25) is 10.0 Å². The van der Waals surface area contributed by atoms with Crippen molar-refractivity contribution in [1.29, 1.82) is 0 Å². The minimum absolute atomic E-state index is 0.0378. The highest BCUT2D eigenvalue weighted by Gasteiger charge is 2.18. The summed E-state index contributed by atoms with van der Waals surface area (Å²) in [7, 11) is -3.77. The lowest BCUT2D eigenvalue weighted by Crippen LogP contribution is -2.26. The molecule has 1 atom stereocenters. The number of nitrogens with one attached hydrogen (secondary N) is 1. The van der Waals surface area contributed by atoms with E-state index in [1.807, 2.05) is 13.0 Å². The van der Waals surface area contributed by atoms with E-state index in [0.29, 0.717) is 5.76 Å². The average Bonchev–Trinajstić information content (AvgIpc) is 2.95. The lowest BCUT2D eigenvalue weighted by molar-refractivity contribution is 0.0935. The molecule has 0 bridgehead atoms. The second-order valence-corrected chi connectivity index (χ2v) is 7.04. The molecule has 0 saturated carbocycles. The van der Waals surface area contributed by atoms with Crippen molar-refractivity contribution in [3.63, 3.8) is 0 Å². The van der Waals surface area contributed by atoms with Crippen molar-refractivity contribution in [2.75, 3.05) is 0 Å². The van der Waals surface area contributed by atoms with Gasteiger partial charge in [0.25, 0.3) is 5.91 Å². The second-order valence-electron chi connectivity index (χ2n) is 4.34. The van der Waals surface area contributed by atoms with Gasteiger partial charge in [-0.1, -0.05) is 0 Å². The SMILES string of the molecule is Cc1ccc([C@@H](C)NC(=O)c2csc(S(N)(=O)=O)c2)o1. The number of furan rings is 1. The number of carbonyl (C=O) groups excluding carboxylic acids is 1. The summed E-state index contributed by atoms with van der Waals surface area (Å²) >= 11 is 0.915. The molecule has 2 heterocycles. The van der Waals surface area contributed by atoms with Gasteiger partial charge in [-0.3, -0.25) is 4.79 Å². The van der Waals surface area contributed by atoms with Gasteiger partial charge < -0.3 is 9.73 Å². The molecule has 2 aromatic rings. The van der Waals surface area contributed by atoms with E-state index in [9.17, 15) is 13.2 Å². The molecule has 108 valence electrons. The van der Waals surface area contributed by atoms with E-state index in [4.69, 9.17) is 9.56 Å². The van der Waals surface area contributed by atoms with Gasteiger partial charge in [0.05, 0.1) is 11.6 Å². The van der Waals surface area contributed by atoms with Gasteiger partial charge in [-0.2, -0.15) is 0 Å². The minimum atomic E-state index is -3.77. The third kappa shape index (κ3) is 3.27. The van der Waals surface area contributed by atoms with Gasteiger partial charge in [-0.15, -0.1) is 11.3 Å². The largest absolute Gasteiger partial charge is 0.464 e. The first-order valence-corrected chi connectivity index (χ1v) is 8.18. The highest BCUT2D eigenvalue weighted by molar-refractivity contribution is 7.91. The molecule has 0 aliphatic heterocycles. The van der Waals surface area contributed by atoms with E-state index in [2.05, 4.69) is 5.32 Å². The number of rotatable bonds is 4. The van der Waals surface area contributed by atoms with E-state index >= 15 is 0 Å². The Balaban J connectivity index is 2.10. The smallest absolute Gasteiger partial charge is 0.252 e. The number of primary sulfonamides is 1. The molecule has 0 unspecified atom stereocenters. The molecule has 2 rings (SSSR count). The number of amides is 1. The van der Waals surface area contributed by atoms with Crippen molar-refractivity contribution in [2.45, 2.75) is 24.1 Å². The van der Waals surface area contributed by atoms with E-state index in [0.717, 1.165) is 17.1 Å². The third-order valence-corrected chi connectivity index (χ3v) is 5.04. The third-order valence-electron chi connectivity index (χ3n) is 2.65. The number of hydrogen-bond acceptors (Lipinski definition) is 5. The Kier molecular flexibility index (Phi) is 3.98. The summed E-state index contributed by atoms with van der Waals surface area (Å²) in [5.74, 6) is 1.02. The van der Waals surface area contributed by atoms with Gasteiger partial charge in [0.1, 0.15) is 15.7 Å². The summed E-state index contributed by atoms with van der Waals surface area (Å²) in [6, 6.07) is 4.54. The Labute approximate surface area is 120 Å². The van der Waals surface area contributed by atoms with Crippen LogP contribution in [0.25, 0.3) is 0 Å². The predicted octanol–water partition coefficient (Wildman–Crippen LogP) is 1.79. The molecule has 0 radical (unpaired) electrons. The molecule has 0 fully saturated rings. The molecular weight excluding hydrogens is 300 g/mol. The molecule has 0 aliphatic rings. The van der Waals surface area contributed by atoms with Gasteiger partial charge in [-0.05, 0) is 32.0 Å². The fraction of sp³-hybridized carbons (Fsp3) is 0.250. The summed E-state index contributed by atoms with van der Waals surface area (Å²) in [4.78, 5) is 12.0. The summed E-state index contributed by atoms with van der Waals surface area (Å²) in [5.41, 5.74) is 0.258. The first-order valence-electron chi connectivity index (χ1n) is 5.76. The van der Waals surface area contributed by atoms with E-state index < -0.39 is 10.0 Å². The van der Waals surface area contributed by atoms with Crippen LogP contribution in [-0.2, 0) is 10.0 Å². The maximum Gasteiger partial charge on any atom is 0.252 e.